The smallest absolute Gasteiger partial charge is 0.420 e. The number of H-pyrrole nitrogens is 1. The molecule has 142 valence electrons. The first-order valence-corrected chi connectivity index (χ1v) is 8.97. The molecular weight excluding hydrogens is 356 g/mol. The molecule has 0 saturated heterocycles. The molecule has 1 aliphatic heterocycles. The summed E-state index contributed by atoms with van der Waals surface area (Å²) in [6.45, 7) is 2.13. The monoisotopic (exact) mass is 376 g/mol. The Balaban J connectivity index is 1.52. The minimum absolute atomic E-state index is 0.164. The number of benzene rings is 1. The Morgan fingerprint density at radius 3 is 2.96 bits per heavy atom. The fourth-order valence-electron chi connectivity index (χ4n) is 3.16. The van der Waals surface area contributed by atoms with Crippen molar-refractivity contribution in [2.24, 2.45) is 0 Å². The second-order valence-electron chi connectivity index (χ2n) is 6.66. The van der Waals surface area contributed by atoms with E-state index in [1.54, 1.807) is 24.2 Å². The van der Waals surface area contributed by atoms with Gasteiger partial charge in [-0.1, -0.05) is 24.3 Å². The number of amides is 2. The van der Waals surface area contributed by atoms with Crippen molar-refractivity contribution in [3.05, 3.63) is 72.2 Å². The number of nitrogens with one attached hydrogen (secondary N) is 1. The summed E-state index contributed by atoms with van der Waals surface area (Å²) in [6, 6.07) is 13.5. The highest BCUT2D eigenvalue weighted by molar-refractivity contribution is 5.94. The standard InChI is InChI=1S/C21H20N4O3/c1-14(18-12-15-6-3-4-8-17(15)23-18)24(2)19(26)9-11-25-20-16(7-5-10-22-20)13-28-21(25)27/h3-12,14,23H,13H2,1-2H3. The van der Waals surface area contributed by atoms with E-state index in [1.165, 1.54) is 17.2 Å². The van der Waals surface area contributed by atoms with Crippen LogP contribution in [0.2, 0.25) is 0 Å². The third-order valence-corrected chi connectivity index (χ3v) is 4.94. The zero-order valence-electron chi connectivity index (χ0n) is 15.6. The van der Waals surface area contributed by atoms with E-state index < -0.39 is 6.09 Å². The number of hydrogen-bond donors (Lipinski definition) is 1. The van der Waals surface area contributed by atoms with Gasteiger partial charge in [-0.2, -0.15) is 0 Å². The van der Waals surface area contributed by atoms with E-state index in [-0.39, 0.29) is 18.6 Å². The molecule has 0 fully saturated rings. The van der Waals surface area contributed by atoms with Crippen molar-refractivity contribution in [3.8, 4) is 0 Å². The van der Waals surface area contributed by atoms with Crippen LogP contribution in [0.1, 0.15) is 24.2 Å². The lowest BCUT2D eigenvalue weighted by atomic mass is 10.2. The predicted molar refractivity (Wildman–Crippen MR) is 106 cm³/mol. The summed E-state index contributed by atoms with van der Waals surface area (Å²) in [7, 11) is 1.73. The van der Waals surface area contributed by atoms with E-state index in [0.29, 0.717) is 5.82 Å². The second-order valence-corrected chi connectivity index (χ2v) is 6.66. The maximum absolute atomic E-state index is 12.7. The molecule has 7 heteroatoms. The van der Waals surface area contributed by atoms with Crippen molar-refractivity contribution in [2.75, 3.05) is 11.9 Å². The van der Waals surface area contributed by atoms with Gasteiger partial charge in [-0.25, -0.2) is 14.7 Å². The molecule has 3 aromatic rings. The molecule has 7 nitrogen and oxygen atoms in total. The fraction of sp³-hybridized carbons (Fsp3) is 0.190. The van der Waals surface area contributed by atoms with Crippen LogP contribution in [0.5, 0.6) is 0 Å². The quantitative estimate of drug-likeness (QED) is 0.704. The first kappa shape index (κ1) is 17.8. The zero-order valence-corrected chi connectivity index (χ0v) is 15.6. The molecule has 0 radical (unpaired) electrons. The van der Waals surface area contributed by atoms with Crippen LogP contribution in [-0.2, 0) is 16.1 Å². The number of para-hydroxylation sites is 1. The van der Waals surface area contributed by atoms with E-state index >= 15 is 0 Å². The van der Waals surface area contributed by atoms with Crippen LogP contribution in [0.25, 0.3) is 10.9 Å². The maximum atomic E-state index is 12.7. The number of nitrogens with zero attached hydrogens (tertiary/aromatic N) is 3. The van der Waals surface area contributed by atoms with Crippen LogP contribution in [0, 0.1) is 0 Å². The van der Waals surface area contributed by atoms with Crippen LogP contribution >= 0.6 is 0 Å². The number of ether oxygens (including phenoxy) is 1. The highest BCUT2D eigenvalue weighted by Gasteiger charge is 2.25. The van der Waals surface area contributed by atoms with Crippen molar-refractivity contribution >= 4 is 28.7 Å². The van der Waals surface area contributed by atoms with Crippen molar-refractivity contribution in [3.63, 3.8) is 0 Å². The molecule has 0 spiro atoms. The van der Waals surface area contributed by atoms with Crippen LogP contribution in [0.3, 0.4) is 0 Å². The van der Waals surface area contributed by atoms with Gasteiger partial charge in [-0.15, -0.1) is 0 Å². The molecular formula is C21H20N4O3. The summed E-state index contributed by atoms with van der Waals surface area (Å²) in [5.74, 6) is 0.246. The van der Waals surface area contributed by atoms with E-state index in [2.05, 4.69) is 9.97 Å². The highest BCUT2D eigenvalue weighted by Crippen LogP contribution is 2.25. The number of anilines is 1. The summed E-state index contributed by atoms with van der Waals surface area (Å²) < 4.78 is 5.13. The van der Waals surface area contributed by atoms with Crippen LogP contribution in [0.4, 0.5) is 10.6 Å². The number of aromatic amines is 1. The number of hydrogen-bond acceptors (Lipinski definition) is 4. The first-order chi connectivity index (χ1) is 13.5. The molecule has 0 aliphatic carbocycles. The molecule has 28 heavy (non-hydrogen) atoms. The SMILES string of the molecule is CC(c1cc2ccccc2[nH]1)N(C)C(=O)C=CN1C(=O)OCc2cccnc21. The molecule has 1 aliphatic rings. The van der Waals surface area contributed by atoms with Crippen LogP contribution in [-0.4, -0.2) is 33.9 Å². The topological polar surface area (TPSA) is 78.5 Å². The molecule has 4 rings (SSSR count). The van der Waals surface area contributed by atoms with Crippen LogP contribution in [0.15, 0.2) is 60.9 Å². The maximum Gasteiger partial charge on any atom is 0.420 e. The molecule has 0 bridgehead atoms. The Morgan fingerprint density at radius 1 is 1.32 bits per heavy atom. The average Bonchev–Trinajstić information content (AvgIpc) is 3.16. The van der Waals surface area contributed by atoms with Gasteiger partial charge in [-0.3, -0.25) is 4.79 Å². The normalized spacial score (nSPS) is 14.8. The molecule has 1 atom stereocenters. The molecule has 1 N–H and O–H groups in total. The molecule has 1 aromatic carbocycles. The number of carbonyl (C=O) groups excluding carboxylic acids is 2. The fourth-order valence-corrected chi connectivity index (χ4v) is 3.16. The lowest BCUT2D eigenvalue weighted by Gasteiger charge is -2.25. The lowest BCUT2D eigenvalue weighted by molar-refractivity contribution is -0.126. The third kappa shape index (κ3) is 3.22. The molecule has 2 aromatic heterocycles. The number of cyclic esters (lactones) is 1. The highest BCUT2D eigenvalue weighted by atomic mass is 16.6. The van der Waals surface area contributed by atoms with Crippen molar-refractivity contribution in [1.29, 1.82) is 0 Å². The number of pyridine rings is 1. The van der Waals surface area contributed by atoms with Gasteiger partial charge in [-0.05, 0) is 30.5 Å². The Hall–Kier alpha value is -3.61. The van der Waals surface area contributed by atoms with E-state index in [4.69, 9.17) is 4.74 Å². The minimum atomic E-state index is -0.554. The molecule has 2 amide bonds. The molecule has 3 heterocycles. The van der Waals surface area contributed by atoms with Gasteiger partial charge in [0, 0.05) is 42.3 Å². The molecule has 0 saturated carbocycles. The van der Waals surface area contributed by atoms with Gasteiger partial charge in [0.25, 0.3) is 0 Å². The Morgan fingerprint density at radius 2 is 2.14 bits per heavy atom. The van der Waals surface area contributed by atoms with Gasteiger partial charge in [0.1, 0.15) is 12.4 Å². The van der Waals surface area contributed by atoms with E-state index in [1.807, 2.05) is 43.3 Å². The lowest BCUT2D eigenvalue weighted by Crippen LogP contribution is -2.33. The number of rotatable bonds is 4. The number of fused-ring (bicyclic) bond motifs is 2. The van der Waals surface area contributed by atoms with E-state index in [0.717, 1.165) is 22.2 Å². The summed E-state index contributed by atoms with van der Waals surface area (Å²) >= 11 is 0. The van der Waals surface area contributed by atoms with Crippen molar-refractivity contribution < 1.29 is 14.3 Å². The van der Waals surface area contributed by atoms with Crippen LogP contribution < -0.4 is 4.90 Å². The Labute approximate surface area is 162 Å². The van der Waals surface area contributed by atoms with Gasteiger partial charge in [0.15, 0.2) is 0 Å². The average molecular weight is 376 g/mol. The van der Waals surface area contributed by atoms with Crippen molar-refractivity contribution in [1.82, 2.24) is 14.9 Å². The predicted octanol–water partition coefficient (Wildman–Crippen LogP) is 3.75. The molecule has 1 unspecified atom stereocenters. The number of likely N-dealkylation sites (N-methyl/N-ethyl adjacent to an activating group) is 1. The van der Waals surface area contributed by atoms with Crippen molar-refractivity contribution in [2.45, 2.75) is 19.6 Å². The third-order valence-electron chi connectivity index (χ3n) is 4.94. The first-order valence-electron chi connectivity index (χ1n) is 8.97. The second kappa shape index (κ2) is 7.19. The number of aromatic nitrogens is 2. The largest absolute Gasteiger partial charge is 0.444 e. The van der Waals surface area contributed by atoms with Gasteiger partial charge < -0.3 is 14.6 Å². The van der Waals surface area contributed by atoms with E-state index in [9.17, 15) is 9.59 Å². The summed E-state index contributed by atoms with van der Waals surface area (Å²) in [5, 5.41) is 1.10. The number of carbonyl (C=O) groups is 2. The van der Waals surface area contributed by atoms with Gasteiger partial charge in [0.05, 0.1) is 6.04 Å². The Bertz CT molecular complexity index is 1040. The summed E-state index contributed by atoms with van der Waals surface area (Å²) in [4.78, 5) is 35.2. The summed E-state index contributed by atoms with van der Waals surface area (Å²) in [6.07, 6.45) is 3.81. The zero-order chi connectivity index (χ0) is 19.7. The summed E-state index contributed by atoms with van der Waals surface area (Å²) in [5.41, 5.74) is 2.76. The minimum Gasteiger partial charge on any atom is -0.444 e. The van der Waals surface area contributed by atoms with Gasteiger partial charge >= 0.3 is 6.09 Å². The van der Waals surface area contributed by atoms with Gasteiger partial charge in [0.2, 0.25) is 5.91 Å². The Kier molecular flexibility index (Phi) is 4.57.